The standard InChI is InChI=1S/C16H16N2O3S/c19-15(14-9-12(16(20)21)1-5-17-14)18-6-2-11(3-7-18)13-4-8-22-10-13/h1,4-5,8-11H,2-3,6-7H2,(H,20,21). The van der Waals surface area contributed by atoms with Gasteiger partial charge in [-0.05, 0) is 53.3 Å². The van der Waals surface area contributed by atoms with E-state index >= 15 is 0 Å². The second kappa shape index (κ2) is 6.27. The molecule has 114 valence electrons. The highest BCUT2D eigenvalue weighted by atomic mass is 32.1. The molecule has 0 radical (unpaired) electrons. The van der Waals surface area contributed by atoms with Gasteiger partial charge in [-0.2, -0.15) is 11.3 Å². The molecule has 1 N–H and O–H groups in total. The molecule has 0 spiro atoms. The summed E-state index contributed by atoms with van der Waals surface area (Å²) >= 11 is 1.70. The fourth-order valence-electron chi connectivity index (χ4n) is 2.77. The first-order valence-corrected chi connectivity index (χ1v) is 8.10. The van der Waals surface area contributed by atoms with Gasteiger partial charge in [-0.15, -0.1) is 0 Å². The fraction of sp³-hybridized carbons (Fsp3) is 0.312. The van der Waals surface area contributed by atoms with Crippen LogP contribution in [-0.4, -0.2) is 40.0 Å². The Bertz CT molecular complexity index is 676. The number of amides is 1. The van der Waals surface area contributed by atoms with Crippen LogP contribution in [-0.2, 0) is 0 Å². The van der Waals surface area contributed by atoms with Crippen LogP contribution in [0.25, 0.3) is 0 Å². The van der Waals surface area contributed by atoms with E-state index in [1.54, 1.807) is 16.2 Å². The lowest BCUT2D eigenvalue weighted by atomic mass is 9.91. The number of hydrogen-bond donors (Lipinski definition) is 1. The molecule has 1 amide bonds. The monoisotopic (exact) mass is 316 g/mol. The van der Waals surface area contributed by atoms with Crippen molar-refractivity contribution in [2.24, 2.45) is 0 Å². The molecule has 3 heterocycles. The van der Waals surface area contributed by atoms with Crippen LogP contribution in [0.15, 0.2) is 35.2 Å². The number of piperidine rings is 1. The number of carboxylic acid groups (broad SMARTS) is 1. The van der Waals surface area contributed by atoms with Crippen molar-refractivity contribution in [3.63, 3.8) is 0 Å². The molecule has 1 saturated heterocycles. The molecule has 1 aliphatic heterocycles. The number of rotatable bonds is 3. The van der Waals surface area contributed by atoms with Crippen LogP contribution in [0.1, 0.15) is 45.2 Å². The van der Waals surface area contributed by atoms with Gasteiger partial charge in [-0.3, -0.25) is 9.78 Å². The summed E-state index contributed by atoms with van der Waals surface area (Å²) in [6, 6.07) is 4.88. The Morgan fingerprint density at radius 3 is 2.68 bits per heavy atom. The first kappa shape index (κ1) is 14.7. The second-order valence-corrected chi connectivity index (χ2v) is 6.14. The van der Waals surface area contributed by atoms with Crippen LogP contribution in [0.5, 0.6) is 0 Å². The highest BCUT2D eigenvalue weighted by molar-refractivity contribution is 7.07. The molecule has 2 aromatic heterocycles. The van der Waals surface area contributed by atoms with Crippen molar-refractivity contribution < 1.29 is 14.7 Å². The van der Waals surface area contributed by atoms with Gasteiger partial charge >= 0.3 is 5.97 Å². The quantitative estimate of drug-likeness (QED) is 0.945. The molecule has 1 fully saturated rings. The molecule has 0 bridgehead atoms. The van der Waals surface area contributed by atoms with E-state index in [-0.39, 0.29) is 17.2 Å². The Morgan fingerprint density at radius 1 is 1.27 bits per heavy atom. The lowest BCUT2D eigenvalue weighted by Crippen LogP contribution is -2.38. The van der Waals surface area contributed by atoms with Crippen LogP contribution in [0.4, 0.5) is 0 Å². The van der Waals surface area contributed by atoms with Gasteiger partial charge in [0, 0.05) is 19.3 Å². The van der Waals surface area contributed by atoms with E-state index in [1.807, 2.05) is 0 Å². The molecule has 0 unspecified atom stereocenters. The minimum absolute atomic E-state index is 0.0894. The van der Waals surface area contributed by atoms with Gasteiger partial charge in [0.1, 0.15) is 5.69 Å². The van der Waals surface area contributed by atoms with E-state index in [0.717, 1.165) is 12.8 Å². The number of thiophene rings is 1. The average Bonchev–Trinajstić information content (AvgIpc) is 3.09. The van der Waals surface area contributed by atoms with Crippen molar-refractivity contribution in [1.29, 1.82) is 0 Å². The SMILES string of the molecule is O=C(O)c1ccnc(C(=O)N2CCC(c3ccsc3)CC2)c1. The summed E-state index contributed by atoms with van der Waals surface area (Å²) in [6.45, 7) is 1.36. The number of pyridine rings is 1. The summed E-state index contributed by atoms with van der Waals surface area (Å²) < 4.78 is 0. The maximum Gasteiger partial charge on any atom is 0.335 e. The zero-order chi connectivity index (χ0) is 15.5. The van der Waals surface area contributed by atoms with Gasteiger partial charge in [-0.25, -0.2) is 4.79 Å². The Hall–Kier alpha value is -2.21. The number of carboxylic acids is 1. The molecular formula is C16H16N2O3S. The van der Waals surface area contributed by atoms with E-state index < -0.39 is 5.97 Å². The number of carbonyl (C=O) groups is 2. The first-order chi connectivity index (χ1) is 10.6. The van der Waals surface area contributed by atoms with Crippen molar-refractivity contribution in [3.05, 3.63) is 52.0 Å². The Labute approximate surface area is 132 Å². The molecule has 5 nitrogen and oxygen atoms in total. The largest absolute Gasteiger partial charge is 0.478 e. The number of likely N-dealkylation sites (tertiary alicyclic amines) is 1. The molecular weight excluding hydrogens is 300 g/mol. The van der Waals surface area contributed by atoms with Gasteiger partial charge in [0.2, 0.25) is 0 Å². The van der Waals surface area contributed by atoms with E-state index in [0.29, 0.717) is 19.0 Å². The summed E-state index contributed by atoms with van der Waals surface area (Å²) in [7, 11) is 0. The van der Waals surface area contributed by atoms with Gasteiger partial charge in [0.25, 0.3) is 5.91 Å². The third-order valence-corrected chi connectivity index (χ3v) is 4.72. The van der Waals surface area contributed by atoms with Crippen molar-refractivity contribution in [2.75, 3.05) is 13.1 Å². The van der Waals surface area contributed by atoms with E-state index in [9.17, 15) is 9.59 Å². The summed E-state index contributed by atoms with van der Waals surface area (Å²) in [6.07, 6.45) is 3.23. The molecule has 2 aromatic rings. The first-order valence-electron chi connectivity index (χ1n) is 7.16. The Kier molecular flexibility index (Phi) is 4.20. The number of nitrogens with zero attached hydrogens (tertiary/aromatic N) is 2. The van der Waals surface area contributed by atoms with Crippen molar-refractivity contribution in [1.82, 2.24) is 9.88 Å². The fourth-order valence-corrected chi connectivity index (χ4v) is 3.51. The third-order valence-electron chi connectivity index (χ3n) is 4.02. The predicted molar refractivity (Wildman–Crippen MR) is 83.4 cm³/mol. The van der Waals surface area contributed by atoms with Crippen LogP contribution in [0.2, 0.25) is 0 Å². The molecule has 3 rings (SSSR count). The minimum Gasteiger partial charge on any atom is -0.478 e. The summed E-state index contributed by atoms with van der Waals surface area (Å²) in [5, 5.41) is 13.2. The topological polar surface area (TPSA) is 70.5 Å². The van der Waals surface area contributed by atoms with Crippen molar-refractivity contribution in [2.45, 2.75) is 18.8 Å². The molecule has 0 atom stereocenters. The van der Waals surface area contributed by atoms with Crippen molar-refractivity contribution >= 4 is 23.2 Å². The zero-order valence-corrected chi connectivity index (χ0v) is 12.8. The van der Waals surface area contributed by atoms with E-state index in [1.165, 1.54) is 23.9 Å². The number of hydrogen-bond acceptors (Lipinski definition) is 4. The van der Waals surface area contributed by atoms with E-state index in [2.05, 4.69) is 21.8 Å². The van der Waals surface area contributed by atoms with Crippen LogP contribution < -0.4 is 0 Å². The van der Waals surface area contributed by atoms with Gasteiger partial charge in [0.15, 0.2) is 0 Å². The average molecular weight is 316 g/mol. The minimum atomic E-state index is -1.05. The molecule has 6 heteroatoms. The van der Waals surface area contributed by atoms with E-state index in [4.69, 9.17) is 5.11 Å². The van der Waals surface area contributed by atoms with Gasteiger partial charge in [0.05, 0.1) is 5.56 Å². The lowest BCUT2D eigenvalue weighted by Gasteiger charge is -2.31. The smallest absolute Gasteiger partial charge is 0.335 e. The second-order valence-electron chi connectivity index (χ2n) is 5.36. The predicted octanol–water partition coefficient (Wildman–Crippen LogP) is 2.86. The Balaban J connectivity index is 1.67. The van der Waals surface area contributed by atoms with Crippen LogP contribution in [0.3, 0.4) is 0 Å². The maximum atomic E-state index is 12.4. The normalized spacial score (nSPS) is 15.7. The number of aromatic nitrogens is 1. The molecule has 0 aromatic carbocycles. The summed E-state index contributed by atoms with van der Waals surface area (Å²) in [5.41, 5.74) is 1.64. The lowest BCUT2D eigenvalue weighted by molar-refractivity contribution is 0.0696. The summed E-state index contributed by atoms with van der Waals surface area (Å²) in [5.74, 6) is -0.729. The molecule has 0 aliphatic carbocycles. The third kappa shape index (κ3) is 3.01. The van der Waals surface area contributed by atoms with Gasteiger partial charge in [-0.1, -0.05) is 0 Å². The summed E-state index contributed by atoms with van der Waals surface area (Å²) in [4.78, 5) is 29.2. The Morgan fingerprint density at radius 2 is 2.05 bits per heavy atom. The zero-order valence-electron chi connectivity index (χ0n) is 11.9. The van der Waals surface area contributed by atoms with Crippen LogP contribution in [0, 0.1) is 0 Å². The maximum absolute atomic E-state index is 12.4. The number of aromatic carboxylic acids is 1. The van der Waals surface area contributed by atoms with Crippen LogP contribution >= 0.6 is 11.3 Å². The van der Waals surface area contributed by atoms with Gasteiger partial charge < -0.3 is 10.0 Å². The molecule has 1 aliphatic rings. The highest BCUT2D eigenvalue weighted by Gasteiger charge is 2.25. The molecule has 22 heavy (non-hydrogen) atoms. The highest BCUT2D eigenvalue weighted by Crippen LogP contribution is 2.29. The molecule has 0 saturated carbocycles. The van der Waals surface area contributed by atoms with Crippen molar-refractivity contribution in [3.8, 4) is 0 Å². The number of carbonyl (C=O) groups excluding carboxylic acids is 1.